The van der Waals surface area contributed by atoms with Crippen molar-refractivity contribution in [2.24, 2.45) is 5.10 Å². The summed E-state index contributed by atoms with van der Waals surface area (Å²) in [5, 5.41) is 13.0. The van der Waals surface area contributed by atoms with Gasteiger partial charge in [0.15, 0.2) is 8.68 Å². The number of halogens is 1. The molecule has 1 heterocycles. The van der Waals surface area contributed by atoms with Crippen molar-refractivity contribution < 1.29 is 9.53 Å². The zero-order chi connectivity index (χ0) is 21.2. The van der Waals surface area contributed by atoms with E-state index in [4.69, 9.17) is 16.3 Å². The highest BCUT2D eigenvalue weighted by atomic mass is 35.5. The van der Waals surface area contributed by atoms with E-state index in [-0.39, 0.29) is 11.7 Å². The van der Waals surface area contributed by atoms with Crippen molar-refractivity contribution in [3.05, 3.63) is 64.7 Å². The number of rotatable bonds is 10. The second-order valence-corrected chi connectivity index (χ2v) is 9.63. The Morgan fingerprint density at radius 1 is 1.17 bits per heavy atom. The van der Waals surface area contributed by atoms with Gasteiger partial charge in [-0.05, 0) is 48.4 Å². The number of carbonyl (C=O) groups is 1. The molecule has 1 amide bonds. The molecule has 0 aliphatic heterocycles. The zero-order valence-electron chi connectivity index (χ0n) is 16.1. The number of hydrazone groups is 1. The molecule has 156 valence electrons. The predicted octanol–water partition coefficient (Wildman–Crippen LogP) is 5.12. The monoisotopic (exact) mass is 478 g/mol. The highest BCUT2D eigenvalue weighted by molar-refractivity contribution is 8.03. The molecule has 1 N–H and O–H groups in total. The van der Waals surface area contributed by atoms with Gasteiger partial charge in [-0.3, -0.25) is 4.79 Å². The third-order valence-corrected chi connectivity index (χ3v) is 7.23. The lowest BCUT2D eigenvalue weighted by Gasteiger charge is -2.02. The summed E-state index contributed by atoms with van der Waals surface area (Å²) >= 11 is 10.5. The number of nitrogens with zero attached hydrogens (tertiary/aromatic N) is 3. The van der Waals surface area contributed by atoms with Gasteiger partial charge in [-0.15, -0.1) is 10.2 Å². The number of benzene rings is 2. The first kappa shape index (κ1) is 22.6. The summed E-state index contributed by atoms with van der Waals surface area (Å²) in [5.41, 5.74) is 4.44. The van der Waals surface area contributed by atoms with Crippen molar-refractivity contribution >= 4 is 58.6 Å². The van der Waals surface area contributed by atoms with Gasteiger partial charge in [0.1, 0.15) is 5.75 Å². The van der Waals surface area contributed by atoms with Crippen LogP contribution in [0.2, 0.25) is 5.02 Å². The molecule has 0 fully saturated rings. The molecule has 0 aliphatic rings. The molecule has 0 radical (unpaired) electrons. The highest BCUT2D eigenvalue weighted by Gasteiger charge is 2.09. The first-order chi connectivity index (χ1) is 14.6. The lowest BCUT2D eigenvalue weighted by Crippen LogP contribution is -2.19. The van der Waals surface area contributed by atoms with E-state index in [0.29, 0.717) is 6.61 Å². The standard InChI is InChI=1S/C20H19ClN4O2S3/c1-2-27-16-9-7-14(8-10-16)11-22-23-18(26)13-29-20-25-24-19(30-20)28-12-15-5-3-4-6-17(15)21/h3-11H,2,12-13H2,1H3,(H,23,26)/b22-11-. The van der Waals surface area contributed by atoms with E-state index >= 15 is 0 Å². The maximum Gasteiger partial charge on any atom is 0.250 e. The molecule has 6 nitrogen and oxygen atoms in total. The van der Waals surface area contributed by atoms with Crippen LogP contribution in [0.5, 0.6) is 5.75 Å². The molecule has 3 rings (SSSR count). The number of nitrogens with one attached hydrogen (secondary N) is 1. The summed E-state index contributed by atoms with van der Waals surface area (Å²) in [7, 11) is 0. The van der Waals surface area contributed by atoms with Crippen LogP contribution in [0.25, 0.3) is 0 Å². The fourth-order valence-corrected chi connectivity index (χ4v) is 5.32. The van der Waals surface area contributed by atoms with E-state index in [1.54, 1.807) is 18.0 Å². The number of amides is 1. The van der Waals surface area contributed by atoms with Crippen molar-refractivity contribution in [2.45, 2.75) is 21.4 Å². The maximum atomic E-state index is 12.0. The average molecular weight is 479 g/mol. The Morgan fingerprint density at radius 3 is 2.63 bits per heavy atom. The van der Waals surface area contributed by atoms with Crippen LogP contribution in [0.1, 0.15) is 18.1 Å². The van der Waals surface area contributed by atoms with Gasteiger partial charge in [0, 0.05) is 10.8 Å². The highest BCUT2D eigenvalue weighted by Crippen LogP contribution is 2.32. The number of thioether (sulfide) groups is 2. The summed E-state index contributed by atoms with van der Waals surface area (Å²) in [6, 6.07) is 15.2. The van der Waals surface area contributed by atoms with Crippen LogP contribution >= 0.6 is 46.5 Å². The molecule has 0 saturated carbocycles. The minimum absolute atomic E-state index is 0.206. The first-order valence-corrected chi connectivity index (χ1v) is 12.2. The van der Waals surface area contributed by atoms with Crippen LogP contribution in [0.15, 0.2) is 62.3 Å². The van der Waals surface area contributed by atoms with Gasteiger partial charge in [0.05, 0.1) is 18.6 Å². The van der Waals surface area contributed by atoms with Crippen LogP contribution in [0, 0.1) is 0 Å². The Kier molecular flexibility index (Phi) is 9.00. The van der Waals surface area contributed by atoms with E-state index in [0.717, 1.165) is 36.3 Å². The Labute approximate surface area is 192 Å². The summed E-state index contributed by atoms with van der Waals surface area (Å²) in [6.07, 6.45) is 1.59. The Bertz CT molecular complexity index is 996. The van der Waals surface area contributed by atoms with Crippen LogP contribution in [0.4, 0.5) is 0 Å². The molecule has 30 heavy (non-hydrogen) atoms. The van der Waals surface area contributed by atoms with Gasteiger partial charge >= 0.3 is 0 Å². The summed E-state index contributed by atoms with van der Waals surface area (Å²) in [5.74, 6) is 1.53. The molecule has 0 atom stereocenters. The van der Waals surface area contributed by atoms with Gasteiger partial charge in [-0.25, -0.2) is 5.43 Å². The molecule has 0 saturated heterocycles. The Balaban J connectivity index is 1.40. The molecule has 2 aromatic carbocycles. The summed E-state index contributed by atoms with van der Waals surface area (Å²) in [4.78, 5) is 12.0. The molecule has 0 bridgehead atoms. The SMILES string of the molecule is CCOc1ccc(/C=N\NC(=O)CSc2nnc(SCc3ccccc3Cl)s2)cc1. The van der Waals surface area contributed by atoms with Crippen LogP contribution in [-0.4, -0.2) is 34.7 Å². The quantitative estimate of drug-likeness (QED) is 0.247. The van der Waals surface area contributed by atoms with Crippen LogP contribution in [-0.2, 0) is 10.5 Å². The van der Waals surface area contributed by atoms with Crippen molar-refractivity contribution in [1.29, 1.82) is 0 Å². The Hall–Kier alpha value is -2.07. The summed E-state index contributed by atoms with van der Waals surface area (Å²) in [6.45, 7) is 2.56. The van der Waals surface area contributed by atoms with E-state index in [2.05, 4.69) is 20.7 Å². The third kappa shape index (κ3) is 7.32. The van der Waals surface area contributed by atoms with E-state index in [9.17, 15) is 4.79 Å². The summed E-state index contributed by atoms with van der Waals surface area (Å²) < 4.78 is 6.97. The second kappa shape index (κ2) is 11.9. The number of aromatic nitrogens is 2. The van der Waals surface area contributed by atoms with Crippen molar-refractivity contribution in [3.63, 3.8) is 0 Å². The van der Waals surface area contributed by atoms with Crippen molar-refractivity contribution in [3.8, 4) is 5.75 Å². The largest absolute Gasteiger partial charge is 0.494 e. The van der Waals surface area contributed by atoms with Crippen molar-refractivity contribution in [1.82, 2.24) is 15.6 Å². The second-order valence-electron chi connectivity index (χ2n) is 5.80. The minimum Gasteiger partial charge on any atom is -0.494 e. The zero-order valence-corrected chi connectivity index (χ0v) is 19.3. The predicted molar refractivity (Wildman–Crippen MR) is 125 cm³/mol. The molecule has 3 aromatic rings. The Morgan fingerprint density at radius 2 is 1.90 bits per heavy atom. The molecule has 1 aromatic heterocycles. The fraction of sp³-hybridized carbons (Fsp3) is 0.200. The lowest BCUT2D eigenvalue weighted by atomic mass is 10.2. The smallest absolute Gasteiger partial charge is 0.250 e. The lowest BCUT2D eigenvalue weighted by molar-refractivity contribution is -0.118. The number of hydrogen-bond donors (Lipinski definition) is 1. The molecular weight excluding hydrogens is 460 g/mol. The van der Waals surface area contributed by atoms with E-state index in [1.165, 1.54) is 23.1 Å². The minimum atomic E-state index is -0.206. The van der Waals surface area contributed by atoms with E-state index < -0.39 is 0 Å². The van der Waals surface area contributed by atoms with Crippen LogP contribution < -0.4 is 10.2 Å². The molecular formula is C20H19ClN4O2S3. The van der Waals surface area contributed by atoms with Gasteiger partial charge in [0.25, 0.3) is 5.91 Å². The number of carbonyl (C=O) groups excluding carboxylic acids is 1. The fourth-order valence-electron chi connectivity index (χ4n) is 2.22. The first-order valence-electron chi connectivity index (χ1n) is 9.01. The normalized spacial score (nSPS) is 11.0. The molecule has 0 unspecified atom stereocenters. The maximum absolute atomic E-state index is 12.0. The van der Waals surface area contributed by atoms with E-state index in [1.807, 2.05) is 55.5 Å². The third-order valence-electron chi connectivity index (χ3n) is 3.62. The molecule has 10 heteroatoms. The van der Waals surface area contributed by atoms with Gasteiger partial charge in [0.2, 0.25) is 0 Å². The van der Waals surface area contributed by atoms with Gasteiger partial charge in [-0.1, -0.05) is 64.7 Å². The molecule has 0 spiro atoms. The topological polar surface area (TPSA) is 76.5 Å². The average Bonchev–Trinajstić information content (AvgIpc) is 3.21. The molecule has 0 aliphatic carbocycles. The van der Waals surface area contributed by atoms with Gasteiger partial charge < -0.3 is 4.74 Å². The number of hydrogen-bond acceptors (Lipinski definition) is 8. The van der Waals surface area contributed by atoms with Crippen LogP contribution in [0.3, 0.4) is 0 Å². The van der Waals surface area contributed by atoms with Crippen molar-refractivity contribution in [2.75, 3.05) is 12.4 Å². The number of ether oxygens (including phenoxy) is 1. The van der Waals surface area contributed by atoms with Gasteiger partial charge in [-0.2, -0.15) is 5.10 Å².